The van der Waals surface area contributed by atoms with Crippen molar-refractivity contribution in [3.05, 3.63) is 68.2 Å². The number of carbonyl (C=O) groups excluding carboxylic acids is 1. The Kier molecular flexibility index (Phi) is 5.70. The normalized spacial score (nSPS) is 10.6. The smallest absolute Gasteiger partial charge is 0.292 e. The van der Waals surface area contributed by atoms with Gasteiger partial charge in [0.25, 0.3) is 5.69 Å². The van der Waals surface area contributed by atoms with Crippen LogP contribution in [0, 0.1) is 10.1 Å². The summed E-state index contributed by atoms with van der Waals surface area (Å²) in [6.07, 6.45) is 2.93. The van der Waals surface area contributed by atoms with E-state index < -0.39 is 4.92 Å². The van der Waals surface area contributed by atoms with Gasteiger partial charge in [0.1, 0.15) is 11.4 Å². The number of nitrogens with zero attached hydrogens (tertiary/aromatic N) is 1. The molecule has 7 heteroatoms. The lowest BCUT2D eigenvalue weighted by atomic mass is 10.1. The van der Waals surface area contributed by atoms with Gasteiger partial charge in [-0.2, -0.15) is 0 Å². The topological polar surface area (TPSA) is 81.5 Å². The first kappa shape index (κ1) is 17.7. The number of methoxy groups -OCH3 is 1. The van der Waals surface area contributed by atoms with Crippen LogP contribution in [0.15, 0.2) is 46.9 Å². The van der Waals surface area contributed by atoms with Crippen molar-refractivity contribution in [2.24, 2.45) is 0 Å². The molecule has 24 heavy (non-hydrogen) atoms. The Labute approximate surface area is 147 Å². The van der Waals surface area contributed by atoms with Crippen molar-refractivity contribution < 1.29 is 14.5 Å². The number of rotatable bonds is 6. The first-order chi connectivity index (χ1) is 11.5. The lowest BCUT2D eigenvalue weighted by Crippen LogP contribution is -1.97. The van der Waals surface area contributed by atoms with Gasteiger partial charge in [0.05, 0.1) is 16.5 Å². The average Bonchev–Trinajstić information content (AvgIpc) is 2.59. The number of halogens is 1. The molecule has 0 fully saturated rings. The van der Waals surface area contributed by atoms with Crippen LogP contribution in [0.4, 0.5) is 11.4 Å². The third kappa shape index (κ3) is 3.99. The predicted octanol–water partition coefficient (Wildman–Crippen LogP) is 4.30. The van der Waals surface area contributed by atoms with E-state index in [1.54, 1.807) is 50.6 Å². The summed E-state index contributed by atoms with van der Waals surface area (Å²) in [5.41, 5.74) is 1.43. The van der Waals surface area contributed by atoms with Crippen LogP contribution in [0.5, 0.6) is 5.75 Å². The van der Waals surface area contributed by atoms with E-state index in [2.05, 4.69) is 21.2 Å². The van der Waals surface area contributed by atoms with Crippen molar-refractivity contribution in [1.82, 2.24) is 0 Å². The second-order valence-corrected chi connectivity index (χ2v) is 5.68. The summed E-state index contributed by atoms with van der Waals surface area (Å²) in [7, 11) is 3.16. The molecule has 0 aliphatic heterocycles. The number of nitro groups is 1. The largest absolute Gasteiger partial charge is 0.496 e. The fourth-order valence-corrected chi connectivity index (χ4v) is 2.64. The second-order valence-electron chi connectivity index (χ2n) is 4.83. The fourth-order valence-electron chi connectivity index (χ4n) is 2.10. The lowest BCUT2D eigenvalue weighted by Gasteiger charge is -2.04. The van der Waals surface area contributed by atoms with Crippen molar-refractivity contribution in [3.63, 3.8) is 0 Å². The summed E-state index contributed by atoms with van der Waals surface area (Å²) in [5.74, 6) is 0.424. The number of carbonyl (C=O) groups is 1. The molecule has 0 aliphatic rings. The zero-order valence-electron chi connectivity index (χ0n) is 13.1. The molecule has 6 nitrogen and oxygen atoms in total. The van der Waals surface area contributed by atoms with Crippen molar-refractivity contribution in [2.45, 2.75) is 0 Å². The lowest BCUT2D eigenvalue weighted by molar-refractivity contribution is -0.383. The van der Waals surface area contributed by atoms with Crippen LogP contribution in [0.2, 0.25) is 0 Å². The van der Waals surface area contributed by atoms with Crippen molar-refractivity contribution in [2.75, 3.05) is 19.5 Å². The predicted molar refractivity (Wildman–Crippen MR) is 96.7 cm³/mol. The number of benzene rings is 2. The molecule has 124 valence electrons. The van der Waals surface area contributed by atoms with Gasteiger partial charge in [0.15, 0.2) is 5.78 Å². The van der Waals surface area contributed by atoms with Gasteiger partial charge in [0.2, 0.25) is 0 Å². The van der Waals surface area contributed by atoms with Crippen molar-refractivity contribution >= 4 is 39.2 Å². The van der Waals surface area contributed by atoms with Crippen LogP contribution in [-0.2, 0) is 0 Å². The van der Waals surface area contributed by atoms with Gasteiger partial charge in [-0.1, -0.05) is 12.1 Å². The van der Waals surface area contributed by atoms with Crippen molar-refractivity contribution in [1.29, 1.82) is 0 Å². The van der Waals surface area contributed by atoms with Gasteiger partial charge >= 0.3 is 0 Å². The number of nitrogens with one attached hydrogen (secondary N) is 1. The molecule has 2 aromatic rings. The number of hydrogen-bond donors (Lipinski definition) is 1. The molecule has 0 aliphatic carbocycles. The number of nitro benzene ring substituents is 1. The maximum Gasteiger partial charge on any atom is 0.292 e. The monoisotopic (exact) mass is 390 g/mol. The third-order valence-electron chi connectivity index (χ3n) is 3.35. The SMILES string of the molecule is CNc1ccc(/C=C/C(=O)c2ccc(OC)c(Br)c2)cc1[N+](=O)[O-]. The van der Waals surface area contributed by atoms with Gasteiger partial charge in [-0.3, -0.25) is 14.9 Å². The van der Waals surface area contributed by atoms with Crippen LogP contribution >= 0.6 is 15.9 Å². The van der Waals surface area contributed by atoms with Gasteiger partial charge < -0.3 is 10.1 Å². The van der Waals surface area contributed by atoms with Crippen LogP contribution in [0.3, 0.4) is 0 Å². The van der Waals surface area contributed by atoms with Gasteiger partial charge in [-0.15, -0.1) is 0 Å². The Bertz CT molecular complexity index is 818. The highest BCUT2D eigenvalue weighted by Crippen LogP contribution is 2.27. The van der Waals surface area contributed by atoms with E-state index in [0.29, 0.717) is 27.0 Å². The van der Waals surface area contributed by atoms with E-state index >= 15 is 0 Å². The Morgan fingerprint density at radius 1 is 1.29 bits per heavy atom. The summed E-state index contributed by atoms with van der Waals surface area (Å²) in [6, 6.07) is 9.73. The van der Waals surface area contributed by atoms with E-state index in [9.17, 15) is 14.9 Å². The highest BCUT2D eigenvalue weighted by atomic mass is 79.9. The summed E-state index contributed by atoms with van der Waals surface area (Å²) < 4.78 is 5.80. The zero-order valence-corrected chi connectivity index (χ0v) is 14.7. The summed E-state index contributed by atoms with van der Waals surface area (Å²) >= 11 is 3.33. The summed E-state index contributed by atoms with van der Waals surface area (Å²) in [5, 5.41) is 13.8. The van der Waals surface area contributed by atoms with Crippen LogP contribution < -0.4 is 10.1 Å². The minimum atomic E-state index is -0.467. The average molecular weight is 391 g/mol. The fraction of sp³-hybridized carbons (Fsp3) is 0.118. The quantitative estimate of drug-likeness (QED) is 0.344. The molecule has 0 saturated carbocycles. The standard InChI is InChI=1S/C17H15BrN2O4/c1-19-14-6-3-11(9-15(14)20(22)23)4-7-16(21)12-5-8-17(24-2)13(18)10-12/h3-10,19H,1-2H3/b7-4+. The number of anilines is 1. The molecular formula is C17H15BrN2O4. The molecule has 0 amide bonds. The van der Waals surface area contributed by atoms with E-state index in [1.807, 2.05) is 0 Å². The molecule has 0 atom stereocenters. The molecule has 0 aromatic heterocycles. The zero-order chi connectivity index (χ0) is 17.7. The maximum absolute atomic E-state index is 12.2. The molecule has 0 radical (unpaired) electrons. The molecule has 2 rings (SSSR count). The van der Waals surface area contributed by atoms with E-state index in [1.165, 1.54) is 12.1 Å². The van der Waals surface area contributed by atoms with Crippen LogP contribution in [-0.4, -0.2) is 24.9 Å². The Balaban J connectivity index is 2.24. The van der Waals surface area contributed by atoms with Gasteiger partial charge in [0, 0.05) is 18.7 Å². The number of ether oxygens (including phenoxy) is 1. The maximum atomic E-state index is 12.2. The first-order valence-corrected chi connectivity index (χ1v) is 7.77. The van der Waals surface area contributed by atoms with Crippen LogP contribution in [0.1, 0.15) is 15.9 Å². The molecule has 0 spiro atoms. The molecule has 0 unspecified atom stereocenters. The number of allylic oxidation sites excluding steroid dienone is 1. The first-order valence-electron chi connectivity index (χ1n) is 6.98. The number of ketones is 1. The molecule has 0 bridgehead atoms. The summed E-state index contributed by atoms with van der Waals surface area (Å²) in [4.78, 5) is 22.8. The second kappa shape index (κ2) is 7.74. The van der Waals surface area contributed by atoms with E-state index in [0.717, 1.165) is 0 Å². The number of hydrogen-bond acceptors (Lipinski definition) is 5. The molecule has 0 heterocycles. The molecular weight excluding hydrogens is 376 g/mol. The third-order valence-corrected chi connectivity index (χ3v) is 3.97. The highest BCUT2D eigenvalue weighted by molar-refractivity contribution is 9.10. The highest BCUT2D eigenvalue weighted by Gasteiger charge is 2.12. The molecule has 2 aromatic carbocycles. The Hall–Kier alpha value is -2.67. The van der Waals surface area contributed by atoms with E-state index in [-0.39, 0.29) is 11.5 Å². The minimum Gasteiger partial charge on any atom is -0.496 e. The minimum absolute atomic E-state index is 0.0423. The van der Waals surface area contributed by atoms with Crippen LogP contribution in [0.25, 0.3) is 6.08 Å². The summed E-state index contributed by atoms with van der Waals surface area (Å²) in [6.45, 7) is 0. The van der Waals surface area contributed by atoms with Gasteiger partial charge in [-0.25, -0.2) is 0 Å². The van der Waals surface area contributed by atoms with Crippen molar-refractivity contribution in [3.8, 4) is 5.75 Å². The Morgan fingerprint density at radius 3 is 2.62 bits per heavy atom. The van der Waals surface area contributed by atoms with Gasteiger partial charge in [-0.05, 0) is 51.8 Å². The molecule has 0 saturated heterocycles. The Morgan fingerprint density at radius 2 is 2.04 bits per heavy atom. The van der Waals surface area contributed by atoms with E-state index in [4.69, 9.17) is 4.74 Å². The molecule has 1 N–H and O–H groups in total.